The summed E-state index contributed by atoms with van der Waals surface area (Å²) in [7, 11) is 3.08. The van der Waals surface area contributed by atoms with Crippen LogP contribution in [0.5, 0.6) is 17.2 Å². The maximum Gasteiger partial charge on any atom is 0.461 e. The molecule has 0 aliphatic heterocycles. The highest BCUT2D eigenvalue weighted by atomic mass is 19.3. The molecule has 172 valence electrons. The Hall–Kier alpha value is -4.02. The van der Waals surface area contributed by atoms with Crippen LogP contribution in [0, 0.1) is 0 Å². The molecule has 4 rings (SSSR count). The number of halogens is 4. The Balaban J connectivity index is 1.65. The van der Waals surface area contributed by atoms with E-state index in [2.05, 4.69) is 20.0 Å². The summed E-state index contributed by atoms with van der Waals surface area (Å²) >= 11 is 0. The number of imidazole rings is 1. The van der Waals surface area contributed by atoms with E-state index in [1.165, 1.54) is 25.4 Å². The van der Waals surface area contributed by atoms with Gasteiger partial charge in [0, 0.05) is 29.7 Å². The maximum atomic E-state index is 13.2. The van der Waals surface area contributed by atoms with Crippen molar-refractivity contribution in [2.24, 2.45) is 0 Å². The number of anilines is 2. The molecule has 33 heavy (non-hydrogen) atoms. The zero-order valence-corrected chi connectivity index (χ0v) is 17.4. The molecule has 2 heterocycles. The number of hydrogen-bond donors (Lipinski definition) is 1. The van der Waals surface area contributed by atoms with Gasteiger partial charge < -0.3 is 19.5 Å². The van der Waals surface area contributed by atoms with Gasteiger partial charge in [-0.3, -0.25) is 4.40 Å². The van der Waals surface area contributed by atoms with Crippen LogP contribution in [0.25, 0.3) is 16.9 Å². The summed E-state index contributed by atoms with van der Waals surface area (Å²) in [5, 5.41) is 2.96. The third-order valence-electron chi connectivity index (χ3n) is 4.71. The van der Waals surface area contributed by atoms with E-state index in [1.54, 1.807) is 42.1 Å². The van der Waals surface area contributed by atoms with Gasteiger partial charge in [-0.2, -0.15) is 17.6 Å². The van der Waals surface area contributed by atoms with E-state index in [1.807, 2.05) is 6.07 Å². The molecule has 0 spiro atoms. The zero-order chi connectivity index (χ0) is 23.6. The molecule has 4 aromatic rings. The van der Waals surface area contributed by atoms with Gasteiger partial charge in [0.1, 0.15) is 5.75 Å². The van der Waals surface area contributed by atoms with E-state index >= 15 is 0 Å². The molecule has 0 saturated heterocycles. The molecule has 0 aliphatic carbocycles. The number of rotatable bonds is 8. The number of fused-ring (bicyclic) bond motifs is 1. The highest BCUT2D eigenvalue weighted by molar-refractivity contribution is 5.75. The van der Waals surface area contributed by atoms with Gasteiger partial charge in [-0.1, -0.05) is 6.07 Å². The average Bonchev–Trinajstić information content (AvgIpc) is 3.23. The van der Waals surface area contributed by atoms with Crippen molar-refractivity contribution < 1.29 is 31.8 Å². The van der Waals surface area contributed by atoms with Crippen molar-refractivity contribution in [1.29, 1.82) is 0 Å². The fourth-order valence-electron chi connectivity index (χ4n) is 3.19. The second kappa shape index (κ2) is 8.85. The van der Waals surface area contributed by atoms with E-state index in [-0.39, 0.29) is 0 Å². The number of nitrogens with one attached hydrogen (secondary N) is 1. The van der Waals surface area contributed by atoms with Crippen molar-refractivity contribution >= 4 is 17.2 Å². The molecule has 0 unspecified atom stereocenters. The first kappa shape index (κ1) is 22.2. The predicted octanol–water partition coefficient (Wildman–Crippen LogP) is 5.39. The molecule has 11 heteroatoms. The minimum Gasteiger partial charge on any atom is -0.493 e. The smallest absolute Gasteiger partial charge is 0.461 e. The quantitative estimate of drug-likeness (QED) is 0.354. The van der Waals surface area contributed by atoms with Gasteiger partial charge in [-0.05, 0) is 30.3 Å². The number of ether oxygens (including phenoxy) is 3. The number of alkyl halides is 4. The predicted molar refractivity (Wildman–Crippen MR) is 113 cm³/mol. The SMILES string of the molecule is COc1ccc(-c2cnc3c(Nc4cccc(OC(F)(F)C(F)F)c4)nccn23)cc1OC. The van der Waals surface area contributed by atoms with Crippen molar-refractivity contribution in [3.05, 3.63) is 61.1 Å². The standard InChI is InChI=1S/C22H18F4N4O3/c1-31-17-7-6-13(10-18(17)32-2)16-12-28-20-19(27-8-9-30(16)20)29-14-4-3-5-15(11-14)33-22(25,26)21(23)24/h3-12,21H,1-2H3,(H,27,29). The molecule has 2 aromatic heterocycles. The molecule has 0 radical (unpaired) electrons. The lowest BCUT2D eigenvalue weighted by Crippen LogP contribution is -2.33. The molecule has 0 atom stereocenters. The summed E-state index contributed by atoms with van der Waals surface area (Å²) in [5.74, 6) is 1.03. The first-order valence-corrected chi connectivity index (χ1v) is 9.59. The molecule has 2 aromatic carbocycles. The van der Waals surface area contributed by atoms with E-state index < -0.39 is 18.3 Å². The number of benzene rings is 2. The summed E-state index contributed by atoms with van der Waals surface area (Å²) in [6.45, 7) is 0. The topological polar surface area (TPSA) is 69.9 Å². The van der Waals surface area contributed by atoms with Crippen LogP contribution in [0.3, 0.4) is 0 Å². The summed E-state index contributed by atoms with van der Waals surface area (Å²) in [5.41, 5.74) is 2.30. The van der Waals surface area contributed by atoms with Crippen molar-refractivity contribution in [3.63, 3.8) is 0 Å². The Morgan fingerprint density at radius 3 is 2.52 bits per heavy atom. The first-order chi connectivity index (χ1) is 15.8. The molecule has 1 N–H and O–H groups in total. The average molecular weight is 462 g/mol. The molecule has 7 nitrogen and oxygen atoms in total. The molecule has 0 amide bonds. The van der Waals surface area contributed by atoms with Crippen LogP contribution in [-0.2, 0) is 0 Å². The second-order valence-electron chi connectivity index (χ2n) is 6.80. The fourth-order valence-corrected chi connectivity index (χ4v) is 3.19. The van der Waals surface area contributed by atoms with Crippen molar-refractivity contribution in [2.45, 2.75) is 12.5 Å². The highest BCUT2D eigenvalue weighted by Gasteiger charge is 2.44. The number of aromatic nitrogens is 3. The first-order valence-electron chi connectivity index (χ1n) is 9.59. The Kier molecular flexibility index (Phi) is 5.95. The lowest BCUT2D eigenvalue weighted by molar-refractivity contribution is -0.253. The normalized spacial score (nSPS) is 11.6. The van der Waals surface area contributed by atoms with E-state index in [9.17, 15) is 17.6 Å². The monoisotopic (exact) mass is 462 g/mol. The van der Waals surface area contributed by atoms with Crippen molar-refractivity contribution in [2.75, 3.05) is 19.5 Å². The Morgan fingerprint density at radius 2 is 1.79 bits per heavy atom. The Bertz CT molecular complexity index is 1280. The summed E-state index contributed by atoms with van der Waals surface area (Å²) in [6.07, 6.45) is -3.67. The molecule has 0 aliphatic rings. The lowest BCUT2D eigenvalue weighted by atomic mass is 10.1. The number of hydrogen-bond acceptors (Lipinski definition) is 6. The van der Waals surface area contributed by atoms with Gasteiger partial charge in [0.15, 0.2) is 23.0 Å². The molecular formula is C22H18F4N4O3. The van der Waals surface area contributed by atoms with Crippen LogP contribution in [0.4, 0.5) is 29.1 Å². The van der Waals surface area contributed by atoms with Crippen LogP contribution in [-0.4, -0.2) is 41.1 Å². The van der Waals surface area contributed by atoms with Gasteiger partial charge in [0.25, 0.3) is 0 Å². The van der Waals surface area contributed by atoms with Crippen LogP contribution >= 0.6 is 0 Å². The molecule has 0 bridgehead atoms. The van der Waals surface area contributed by atoms with Gasteiger partial charge in [0.05, 0.1) is 26.1 Å². The highest BCUT2D eigenvalue weighted by Crippen LogP contribution is 2.34. The molecule has 0 saturated carbocycles. The van der Waals surface area contributed by atoms with Crippen molar-refractivity contribution in [3.8, 4) is 28.5 Å². The van der Waals surface area contributed by atoms with Gasteiger partial charge in [-0.15, -0.1) is 0 Å². The minimum atomic E-state index is -4.60. The largest absolute Gasteiger partial charge is 0.493 e. The minimum absolute atomic E-state index is 0.300. The van der Waals surface area contributed by atoms with Crippen LogP contribution in [0.15, 0.2) is 61.1 Å². The van der Waals surface area contributed by atoms with Crippen molar-refractivity contribution in [1.82, 2.24) is 14.4 Å². The molecule has 0 fully saturated rings. The number of methoxy groups -OCH3 is 2. The van der Waals surface area contributed by atoms with E-state index in [4.69, 9.17) is 9.47 Å². The molecular weight excluding hydrogens is 444 g/mol. The second-order valence-corrected chi connectivity index (χ2v) is 6.80. The third kappa shape index (κ3) is 4.47. The van der Waals surface area contributed by atoms with Crippen LogP contribution in [0.1, 0.15) is 0 Å². The number of nitrogens with zero attached hydrogens (tertiary/aromatic N) is 3. The van der Waals surface area contributed by atoms with Crippen LogP contribution < -0.4 is 19.5 Å². The van der Waals surface area contributed by atoms with Crippen LogP contribution in [0.2, 0.25) is 0 Å². The Labute approximate surface area is 185 Å². The van der Waals surface area contributed by atoms with E-state index in [0.717, 1.165) is 17.3 Å². The van der Waals surface area contributed by atoms with Gasteiger partial charge >= 0.3 is 12.5 Å². The zero-order valence-electron chi connectivity index (χ0n) is 17.4. The maximum absolute atomic E-state index is 13.2. The summed E-state index contributed by atoms with van der Waals surface area (Å²) < 4.78 is 67.9. The summed E-state index contributed by atoms with van der Waals surface area (Å²) in [6, 6.07) is 10.7. The summed E-state index contributed by atoms with van der Waals surface area (Å²) in [4.78, 5) is 8.66. The Morgan fingerprint density at radius 1 is 1.00 bits per heavy atom. The fraction of sp³-hybridized carbons (Fsp3) is 0.182. The van der Waals surface area contributed by atoms with Gasteiger partial charge in [0.2, 0.25) is 0 Å². The van der Waals surface area contributed by atoms with Gasteiger partial charge in [-0.25, -0.2) is 9.97 Å². The van der Waals surface area contributed by atoms with E-state index in [0.29, 0.717) is 28.7 Å². The third-order valence-corrected chi connectivity index (χ3v) is 4.71. The lowest BCUT2D eigenvalue weighted by Gasteiger charge is -2.17.